The van der Waals surface area contributed by atoms with Crippen LogP contribution >= 0.6 is 11.6 Å². The highest BCUT2D eigenvalue weighted by Crippen LogP contribution is 2.28. The fraction of sp³-hybridized carbons (Fsp3) is 0.429. The summed E-state index contributed by atoms with van der Waals surface area (Å²) in [6.45, 7) is 5.68. The van der Waals surface area contributed by atoms with Gasteiger partial charge in [0.15, 0.2) is 5.49 Å². The third kappa shape index (κ3) is 4.35. The summed E-state index contributed by atoms with van der Waals surface area (Å²) in [6, 6.07) is 5.01. The van der Waals surface area contributed by atoms with Crippen LogP contribution in [-0.4, -0.2) is 39.6 Å². The first kappa shape index (κ1) is 22.3. The topological polar surface area (TPSA) is 107 Å². The maximum absolute atomic E-state index is 13.3. The van der Waals surface area contributed by atoms with Gasteiger partial charge in [-0.3, -0.25) is 4.79 Å². The Labute approximate surface area is 178 Å². The third-order valence-electron chi connectivity index (χ3n) is 5.22. The number of aliphatic hydroxyl groups is 1. The number of hydrogen-bond acceptors (Lipinski definition) is 6. The predicted octanol–water partition coefficient (Wildman–Crippen LogP) is 2.16. The number of benzene rings is 1. The van der Waals surface area contributed by atoms with E-state index in [0.29, 0.717) is 27.9 Å². The summed E-state index contributed by atoms with van der Waals surface area (Å²) in [5.74, 6) is -3.77. The van der Waals surface area contributed by atoms with Gasteiger partial charge in [-0.15, -0.1) is 0 Å². The van der Waals surface area contributed by atoms with E-state index in [1.165, 1.54) is 18.3 Å². The van der Waals surface area contributed by atoms with Crippen molar-refractivity contribution in [3.8, 4) is 11.1 Å². The zero-order chi connectivity index (χ0) is 22.1. The van der Waals surface area contributed by atoms with E-state index in [-0.39, 0.29) is 23.8 Å². The Balaban J connectivity index is 1.99. The van der Waals surface area contributed by atoms with Crippen LogP contribution in [0.15, 0.2) is 40.4 Å². The fourth-order valence-electron chi connectivity index (χ4n) is 3.51. The number of carboxylic acid groups (broad SMARTS) is 1. The molecule has 160 valence electrons. The fourth-order valence-corrected chi connectivity index (χ4v) is 3.76. The SMILES string of the molecule is CCC(CN[C@H](C(=O)O)C(C)C)C1(O)N=c2ncc(Cl)c(-c3ccc(F)cc3)c2=N1. The molecule has 0 fully saturated rings. The molecule has 1 aromatic carbocycles. The lowest BCUT2D eigenvalue weighted by Gasteiger charge is -2.28. The van der Waals surface area contributed by atoms with Crippen LogP contribution < -0.4 is 16.2 Å². The van der Waals surface area contributed by atoms with Crippen molar-refractivity contribution >= 4 is 17.6 Å². The summed E-state index contributed by atoms with van der Waals surface area (Å²) in [4.78, 5) is 24.4. The molecule has 1 aliphatic heterocycles. The van der Waals surface area contributed by atoms with Crippen molar-refractivity contribution in [2.24, 2.45) is 21.8 Å². The smallest absolute Gasteiger partial charge is 0.320 e. The van der Waals surface area contributed by atoms with Crippen LogP contribution in [0, 0.1) is 17.7 Å². The summed E-state index contributed by atoms with van der Waals surface area (Å²) >= 11 is 6.34. The molecule has 30 heavy (non-hydrogen) atoms. The predicted molar refractivity (Wildman–Crippen MR) is 110 cm³/mol. The first-order valence-electron chi connectivity index (χ1n) is 9.75. The Hall–Kier alpha value is -2.42. The highest BCUT2D eigenvalue weighted by molar-refractivity contribution is 6.33. The molecule has 0 aliphatic carbocycles. The van der Waals surface area contributed by atoms with Gasteiger partial charge in [-0.2, -0.15) is 0 Å². The lowest BCUT2D eigenvalue weighted by atomic mass is 9.98. The summed E-state index contributed by atoms with van der Waals surface area (Å²) in [6.07, 6.45) is 1.91. The van der Waals surface area contributed by atoms with Crippen LogP contribution in [0.4, 0.5) is 4.39 Å². The average Bonchev–Trinajstić information content (AvgIpc) is 3.02. The van der Waals surface area contributed by atoms with Crippen molar-refractivity contribution in [3.05, 3.63) is 52.1 Å². The zero-order valence-electron chi connectivity index (χ0n) is 16.9. The molecule has 9 heteroatoms. The van der Waals surface area contributed by atoms with Crippen LogP contribution in [0.25, 0.3) is 11.1 Å². The van der Waals surface area contributed by atoms with E-state index < -0.39 is 23.8 Å². The number of nitrogens with one attached hydrogen (secondary N) is 1. The highest BCUT2D eigenvalue weighted by atomic mass is 35.5. The molecule has 0 saturated carbocycles. The van der Waals surface area contributed by atoms with E-state index in [9.17, 15) is 19.4 Å². The molecule has 0 amide bonds. The molecule has 0 radical (unpaired) electrons. The van der Waals surface area contributed by atoms with Crippen LogP contribution in [0.3, 0.4) is 0 Å². The van der Waals surface area contributed by atoms with Crippen LogP contribution in [0.5, 0.6) is 0 Å². The maximum atomic E-state index is 13.3. The van der Waals surface area contributed by atoms with Crippen molar-refractivity contribution < 1.29 is 19.4 Å². The lowest BCUT2D eigenvalue weighted by Crippen LogP contribution is -2.47. The normalized spacial score (nSPS) is 19.7. The zero-order valence-corrected chi connectivity index (χ0v) is 17.7. The number of aliphatic carboxylic acids is 1. The Kier molecular flexibility index (Phi) is 6.50. The van der Waals surface area contributed by atoms with Gasteiger partial charge < -0.3 is 15.5 Å². The van der Waals surface area contributed by atoms with Crippen molar-refractivity contribution in [1.82, 2.24) is 10.3 Å². The highest BCUT2D eigenvalue weighted by Gasteiger charge is 2.39. The van der Waals surface area contributed by atoms with Crippen LogP contribution in [0.2, 0.25) is 5.02 Å². The minimum Gasteiger partial charge on any atom is -0.480 e. The Morgan fingerprint density at radius 2 is 1.93 bits per heavy atom. The standard InChI is InChI=1S/C21H24ClFN4O3/c1-4-13(9-24-17(11(2)3)20(28)29)21(30)26-18-16(12-5-7-14(23)8-6-12)15(22)10-25-19(18)27-21/h5-8,10-11,13,17,24,30H,4,9H2,1-3H3,(H,28,29)/t13?,17-,21?/m0/s1. The molecule has 1 aromatic heterocycles. The first-order chi connectivity index (χ1) is 14.2. The van der Waals surface area contributed by atoms with E-state index in [4.69, 9.17) is 11.6 Å². The monoisotopic (exact) mass is 434 g/mol. The molecule has 2 heterocycles. The number of pyridine rings is 1. The molecule has 3 rings (SSSR count). The first-order valence-corrected chi connectivity index (χ1v) is 10.1. The van der Waals surface area contributed by atoms with Gasteiger partial charge in [0.2, 0.25) is 0 Å². The molecule has 3 atom stereocenters. The second kappa shape index (κ2) is 8.75. The Morgan fingerprint density at radius 3 is 2.50 bits per heavy atom. The van der Waals surface area contributed by atoms with Crippen molar-refractivity contribution in [3.63, 3.8) is 0 Å². The number of aromatic nitrogens is 1. The molecular formula is C21H24ClFN4O3. The number of carbonyl (C=O) groups is 1. The quantitative estimate of drug-likeness (QED) is 0.590. The van der Waals surface area contributed by atoms with Gasteiger partial charge in [-0.1, -0.05) is 44.5 Å². The van der Waals surface area contributed by atoms with E-state index in [1.54, 1.807) is 12.1 Å². The number of nitrogens with zero attached hydrogens (tertiary/aromatic N) is 3. The molecule has 0 spiro atoms. The molecular weight excluding hydrogens is 411 g/mol. The van der Waals surface area contributed by atoms with Crippen molar-refractivity contribution in [2.75, 3.05) is 6.54 Å². The third-order valence-corrected chi connectivity index (χ3v) is 5.51. The van der Waals surface area contributed by atoms with E-state index in [0.717, 1.165) is 0 Å². The van der Waals surface area contributed by atoms with E-state index >= 15 is 0 Å². The van der Waals surface area contributed by atoms with E-state index in [2.05, 4.69) is 20.3 Å². The van der Waals surface area contributed by atoms with Gasteiger partial charge in [0, 0.05) is 24.2 Å². The van der Waals surface area contributed by atoms with Gasteiger partial charge in [-0.25, -0.2) is 19.4 Å². The van der Waals surface area contributed by atoms with Crippen molar-refractivity contribution in [1.29, 1.82) is 0 Å². The molecule has 7 nitrogen and oxygen atoms in total. The number of halogens is 2. The summed E-state index contributed by atoms with van der Waals surface area (Å²) in [5, 5.41) is 24.2. The molecule has 3 N–H and O–H groups in total. The molecule has 0 bridgehead atoms. The number of hydrogen-bond donors (Lipinski definition) is 3. The largest absolute Gasteiger partial charge is 0.480 e. The second-order valence-corrected chi connectivity index (χ2v) is 8.05. The average molecular weight is 435 g/mol. The van der Waals surface area contributed by atoms with Gasteiger partial charge in [0.05, 0.1) is 5.02 Å². The van der Waals surface area contributed by atoms with Gasteiger partial charge >= 0.3 is 5.97 Å². The van der Waals surface area contributed by atoms with Gasteiger partial charge in [-0.05, 0) is 30.0 Å². The second-order valence-electron chi connectivity index (χ2n) is 7.64. The van der Waals surface area contributed by atoms with Crippen LogP contribution in [-0.2, 0) is 4.79 Å². The lowest BCUT2D eigenvalue weighted by molar-refractivity contribution is -0.140. The maximum Gasteiger partial charge on any atom is 0.320 e. The Morgan fingerprint density at radius 1 is 1.27 bits per heavy atom. The molecule has 2 unspecified atom stereocenters. The summed E-state index contributed by atoms with van der Waals surface area (Å²) in [5.41, 5.74) is 1.37. The molecule has 0 saturated heterocycles. The summed E-state index contributed by atoms with van der Waals surface area (Å²) in [7, 11) is 0. The van der Waals surface area contributed by atoms with Crippen molar-refractivity contribution in [2.45, 2.75) is 39.1 Å². The number of carboxylic acids is 1. The minimum atomic E-state index is -1.81. The molecule has 2 aromatic rings. The minimum absolute atomic E-state index is 0.130. The molecule has 1 aliphatic rings. The Bertz CT molecular complexity index is 1060. The van der Waals surface area contributed by atoms with Gasteiger partial charge in [0.25, 0.3) is 5.85 Å². The van der Waals surface area contributed by atoms with Gasteiger partial charge in [0.1, 0.15) is 17.2 Å². The number of fused-ring (bicyclic) bond motifs is 1. The summed E-state index contributed by atoms with van der Waals surface area (Å²) < 4.78 is 13.3. The van der Waals surface area contributed by atoms with Crippen LogP contribution in [0.1, 0.15) is 27.2 Å². The van der Waals surface area contributed by atoms with E-state index in [1.807, 2.05) is 20.8 Å². The number of rotatable bonds is 8.